The standard InChI is InChI=1S/C19H18O3/c1-20-14-9-11-18(21-2)17(12-14)16-10-8-13-6-4-5-7-15(13)19(16)22-3/h4-12H,1-3H3. The fraction of sp³-hybridized carbons (Fsp3) is 0.158. The molecule has 0 radical (unpaired) electrons. The third kappa shape index (κ3) is 2.35. The van der Waals surface area contributed by atoms with Gasteiger partial charge in [-0.1, -0.05) is 30.3 Å². The molecule has 0 N–H and O–H groups in total. The normalized spacial score (nSPS) is 10.5. The molecular formula is C19H18O3. The lowest BCUT2D eigenvalue weighted by Gasteiger charge is -2.15. The predicted octanol–water partition coefficient (Wildman–Crippen LogP) is 4.53. The van der Waals surface area contributed by atoms with Crippen molar-refractivity contribution < 1.29 is 14.2 Å². The van der Waals surface area contributed by atoms with E-state index in [1.165, 1.54) is 0 Å². The zero-order chi connectivity index (χ0) is 15.5. The van der Waals surface area contributed by atoms with Crippen molar-refractivity contribution in [3.63, 3.8) is 0 Å². The lowest BCUT2D eigenvalue weighted by atomic mass is 9.98. The minimum atomic E-state index is 0.783. The van der Waals surface area contributed by atoms with Gasteiger partial charge in [-0.05, 0) is 29.7 Å². The number of rotatable bonds is 4. The smallest absolute Gasteiger partial charge is 0.134 e. The van der Waals surface area contributed by atoms with E-state index in [1.807, 2.05) is 30.3 Å². The molecule has 0 aromatic heterocycles. The van der Waals surface area contributed by atoms with Crippen LogP contribution in [0, 0.1) is 0 Å². The van der Waals surface area contributed by atoms with Gasteiger partial charge < -0.3 is 14.2 Å². The van der Waals surface area contributed by atoms with Crippen molar-refractivity contribution in [2.45, 2.75) is 0 Å². The van der Waals surface area contributed by atoms with E-state index < -0.39 is 0 Å². The molecule has 22 heavy (non-hydrogen) atoms. The second kappa shape index (κ2) is 5.98. The maximum absolute atomic E-state index is 5.69. The summed E-state index contributed by atoms with van der Waals surface area (Å²) in [7, 11) is 5.01. The Morgan fingerprint density at radius 2 is 1.50 bits per heavy atom. The minimum absolute atomic E-state index is 0.783. The van der Waals surface area contributed by atoms with Crippen LogP contribution in [0.2, 0.25) is 0 Å². The van der Waals surface area contributed by atoms with Crippen molar-refractivity contribution in [1.29, 1.82) is 0 Å². The summed E-state index contributed by atoms with van der Waals surface area (Å²) < 4.78 is 16.5. The van der Waals surface area contributed by atoms with Gasteiger partial charge in [0, 0.05) is 16.5 Å². The number of fused-ring (bicyclic) bond motifs is 1. The van der Waals surface area contributed by atoms with Crippen LogP contribution in [0.25, 0.3) is 21.9 Å². The molecule has 0 heterocycles. The first-order chi connectivity index (χ1) is 10.8. The monoisotopic (exact) mass is 294 g/mol. The second-order valence-electron chi connectivity index (χ2n) is 4.93. The van der Waals surface area contributed by atoms with E-state index in [9.17, 15) is 0 Å². The molecule has 3 rings (SSSR count). The fourth-order valence-electron chi connectivity index (χ4n) is 2.70. The van der Waals surface area contributed by atoms with E-state index in [0.717, 1.165) is 39.1 Å². The number of benzene rings is 3. The third-order valence-electron chi connectivity index (χ3n) is 3.78. The lowest BCUT2D eigenvalue weighted by molar-refractivity contribution is 0.403. The molecule has 0 spiro atoms. The van der Waals surface area contributed by atoms with Crippen LogP contribution in [0.4, 0.5) is 0 Å². The van der Waals surface area contributed by atoms with Gasteiger partial charge in [-0.15, -0.1) is 0 Å². The van der Waals surface area contributed by atoms with Crippen LogP contribution in [0.5, 0.6) is 17.2 Å². The first-order valence-corrected chi connectivity index (χ1v) is 7.06. The Hall–Kier alpha value is -2.68. The van der Waals surface area contributed by atoms with Crippen LogP contribution in [0.15, 0.2) is 54.6 Å². The average molecular weight is 294 g/mol. The van der Waals surface area contributed by atoms with Gasteiger partial charge in [0.1, 0.15) is 17.2 Å². The van der Waals surface area contributed by atoms with Crippen LogP contribution >= 0.6 is 0 Å². The van der Waals surface area contributed by atoms with Gasteiger partial charge in [-0.25, -0.2) is 0 Å². The number of hydrogen-bond acceptors (Lipinski definition) is 3. The van der Waals surface area contributed by atoms with E-state index in [4.69, 9.17) is 14.2 Å². The zero-order valence-corrected chi connectivity index (χ0v) is 12.9. The van der Waals surface area contributed by atoms with Crippen LogP contribution in [-0.2, 0) is 0 Å². The molecule has 0 saturated heterocycles. The van der Waals surface area contributed by atoms with E-state index in [-0.39, 0.29) is 0 Å². The largest absolute Gasteiger partial charge is 0.497 e. The molecule has 0 aliphatic heterocycles. The van der Waals surface area contributed by atoms with Gasteiger partial charge in [0.25, 0.3) is 0 Å². The minimum Gasteiger partial charge on any atom is -0.497 e. The van der Waals surface area contributed by atoms with Gasteiger partial charge in [0.15, 0.2) is 0 Å². The Kier molecular flexibility index (Phi) is 3.88. The van der Waals surface area contributed by atoms with E-state index >= 15 is 0 Å². The predicted molar refractivity (Wildman–Crippen MR) is 89.0 cm³/mol. The van der Waals surface area contributed by atoms with Crippen LogP contribution in [-0.4, -0.2) is 21.3 Å². The molecule has 0 unspecified atom stereocenters. The molecule has 3 aromatic carbocycles. The zero-order valence-electron chi connectivity index (χ0n) is 12.9. The molecule has 0 aliphatic carbocycles. The summed E-state index contributed by atoms with van der Waals surface area (Å²) in [6.07, 6.45) is 0. The highest BCUT2D eigenvalue weighted by Gasteiger charge is 2.14. The van der Waals surface area contributed by atoms with Crippen LogP contribution in [0.1, 0.15) is 0 Å². The van der Waals surface area contributed by atoms with Gasteiger partial charge in [0.05, 0.1) is 21.3 Å². The maximum Gasteiger partial charge on any atom is 0.134 e. The molecular weight excluding hydrogens is 276 g/mol. The first kappa shape index (κ1) is 14.3. The molecule has 0 amide bonds. The van der Waals surface area contributed by atoms with Crippen molar-refractivity contribution >= 4 is 10.8 Å². The summed E-state index contributed by atoms with van der Waals surface area (Å²) in [4.78, 5) is 0. The Morgan fingerprint density at radius 1 is 0.682 bits per heavy atom. The number of hydrogen-bond donors (Lipinski definition) is 0. The highest BCUT2D eigenvalue weighted by Crippen LogP contribution is 2.41. The Balaban J connectivity index is 2.30. The molecule has 3 nitrogen and oxygen atoms in total. The van der Waals surface area contributed by atoms with Gasteiger partial charge >= 0.3 is 0 Å². The summed E-state index contributed by atoms with van der Waals surface area (Å²) >= 11 is 0. The topological polar surface area (TPSA) is 27.7 Å². The quantitative estimate of drug-likeness (QED) is 0.707. The van der Waals surface area contributed by atoms with Crippen LogP contribution in [0.3, 0.4) is 0 Å². The Morgan fingerprint density at radius 3 is 2.23 bits per heavy atom. The van der Waals surface area contributed by atoms with Crippen LogP contribution < -0.4 is 14.2 Å². The van der Waals surface area contributed by atoms with Gasteiger partial charge in [0.2, 0.25) is 0 Å². The summed E-state index contributed by atoms with van der Waals surface area (Å²) in [6.45, 7) is 0. The molecule has 0 saturated carbocycles. The van der Waals surface area contributed by atoms with E-state index in [0.29, 0.717) is 0 Å². The van der Waals surface area contributed by atoms with E-state index in [2.05, 4.69) is 24.3 Å². The van der Waals surface area contributed by atoms with Crippen molar-refractivity contribution in [2.24, 2.45) is 0 Å². The molecule has 3 heteroatoms. The SMILES string of the molecule is COc1ccc(OC)c(-c2ccc3ccccc3c2OC)c1. The highest BCUT2D eigenvalue weighted by atomic mass is 16.5. The summed E-state index contributed by atoms with van der Waals surface area (Å²) in [5.74, 6) is 2.41. The highest BCUT2D eigenvalue weighted by molar-refractivity contribution is 5.96. The summed E-state index contributed by atoms with van der Waals surface area (Å²) in [5, 5.41) is 2.22. The van der Waals surface area contributed by atoms with Crippen molar-refractivity contribution in [3.8, 4) is 28.4 Å². The Labute approximate surface area is 130 Å². The fourth-order valence-corrected chi connectivity index (χ4v) is 2.70. The number of ether oxygens (including phenoxy) is 3. The van der Waals surface area contributed by atoms with Crippen molar-refractivity contribution in [3.05, 3.63) is 54.6 Å². The molecule has 3 aromatic rings. The Bertz CT molecular complexity index is 809. The van der Waals surface area contributed by atoms with E-state index in [1.54, 1.807) is 21.3 Å². The second-order valence-corrected chi connectivity index (χ2v) is 4.93. The molecule has 0 aliphatic rings. The molecule has 0 fully saturated rings. The maximum atomic E-state index is 5.69. The van der Waals surface area contributed by atoms with Crippen molar-refractivity contribution in [1.82, 2.24) is 0 Å². The third-order valence-corrected chi connectivity index (χ3v) is 3.78. The molecule has 0 atom stereocenters. The van der Waals surface area contributed by atoms with Gasteiger partial charge in [-0.2, -0.15) is 0 Å². The average Bonchev–Trinajstić information content (AvgIpc) is 2.60. The first-order valence-electron chi connectivity index (χ1n) is 7.06. The lowest BCUT2D eigenvalue weighted by Crippen LogP contribution is -1.94. The molecule has 0 bridgehead atoms. The summed E-state index contributed by atoms with van der Waals surface area (Å²) in [6, 6.07) is 18.1. The van der Waals surface area contributed by atoms with Gasteiger partial charge in [-0.3, -0.25) is 0 Å². The van der Waals surface area contributed by atoms with Crippen molar-refractivity contribution in [2.75, 3.05) is 21.3 Å². The molecule has 112 valence electrons. The number of methoxy groups -OCH3 is 3. The summed E-state index contributed by atoms with van der Waals surface area (Å²) in [5.41, 5.74) is 1.93.